The molecule has 0 unspecified atom stereocenters. The van der Waals surface area contributed by atoms with Crippen LogP contribution in [0.15, 0.2) is 17.0 Å². The van der Waals surface area contributed by atoms with Gasteiger partial charge in [0.15, 0.2) is 0 Å². The first-order valence-corrected chi connectivity index (χ1v) is 7.42. The summed E-state index contributed by atoms with van der Waals surface area (Å²) < 4.78 is 79.1. The van der Waals surface area contributed by atoms with Crippen molar-refractivity contribution in [1.29, 1.82) is 0 Å². The second-order valence-corrected chi connectivity index (χ2v) is 6.14. The molecule has 1 rings (SSSR count). The predicted octanol–water partition coefficient (Wildman–Crippen LogP) is 2.30. The summed E-state index contributed by atoms with van der Waals surface area (Å²) in [6, 6.07) is 2.14. The number of sulfonamides is 1. The van der Waals surface area contributed by atoms with Gasteiger partial charge in [-0.3, -0.25) is 0 Å². The molecule has 120 valence electrons. The minimum atomic E-state index is -4.46. The number of nitrogens with one attached hydrogen (secondary N) is 1. The van der Waals surface area contributed by atoms with E-state index in [1.807, 2.05) is 0 Å². The summed E-state index contributed by atoms with van der Waals surface area (Å²) in [5.41, 5.74) is 0.437. The third-order valence-corrected chi connectivity index (χ3v) is 4.26. The highest BCUT2D eigenvalue weighted by Gasteiger charge is 2.27. The van der Waals surface area contributed by atoms with Crippen molar-refractivity contribution in [2.75, 3.05) is 19.8 Å². The molecule has 0 amide bonds. The number of rotatable bonds is 6. The van der Waals surface area contributed by atoms with Crippen molar-refractivity contribution in [2.45, 2.75) is 24.9 Å². The fraction of sp³-hybridized carbons (Fsp3) is 0.500. The van der Waals surface area contributed by atoms with Gasteiger partial charge in [0.2, 0.25) is 10.0 Å². The Morgan fingerprint density at radius 2 is 1.71 bits per heavy atom. The van der Waals surface area contributed by atoms with Crippen LogP contribution in [-0.4, -0.2) is 34.4 Å². The average molecular weight is 329 g/mol. The number of ether oxygens (including phenoxy) is 1. The van der Waals surface area contributed by atoms with Gasteiger partial charge in [-0.05, 0) is 37.1 Å². The fourth-order valence-corrected chi connectivity index (χ4v) is 3.29. The van der Waals surface area contributed by atoms with Crippen LogP contribution in [0.4, 0.5) is 17.6 Å². The summed E-state index contributed by atoms with van der Waals surface area (Å²) in [6.45, 7) is 0.700. The Hall–Kier alpha value is -1.19. The van der Waals surface area contributed by atoms with Crippen LogP contribution in [0.5, 0.6) is 0 Å². The van der Waals surface area contributed by atoms with Gasteiger partial charge in [-0.15, -0.1) is 0 Å². The van der Waals surface area contributed by atoms with Gasteiger partial charge in [-0.1, -0.05) is 0 Å². The zero-order chi connectivity index (χ0) is 16.3. The lowest BCUT2D eigenvalue weighted by atomic mass is 10.1. The third kappa shape index (κ3) is 5.60. The molecular weight excluding hydrogens is 314 g/mol. The zero-order valence-corrected chi connectivity index (χ0v) is 12.2. The minimum Gasteiger partial charge on any atom is -0.371 e. The molecule has 0 bridgehead atoms. The van der Waals surface area contributed by atoms with E-state index in [2.05, 4.69) is 9.46 Å². The van der Waals surface area contributed by atoms with E-state index >= 15 is 0 Å². The number of benzene rings is 1. The molecule has 0 heterocycles. The molecule has 0 saturated carbocycles. The molecule has 9 heteroatoms. The molecule has 21 heavy (non-hydrogen) atoms. The Morgan fingerprint density at radius 3 is 2.19 bits per heavy atom. The average Bonchev–Trinajstić information content (AvgIpc) is 2.24. The second-order valence-electron chi connectivity index (χ2n) is 4.43. The van der Waals surface area contributed by atoms with E-state index in [9.17, 15) is 26.0 Å². The van der Waals surface area contributed by atoms with Crippen molar-refractivity contribution in [3.05, 3.63) is 29.1 Å². The van der Waals surface area contributed by atoms with Crippen LogP contribution in [0.1, 0.15) is 11.1 Å². The van der Waals surface area contributed by atoms with Crippen LogP contribution in [0.2, 0.25) is 0 Å². The number of hydrogen-bond acceptors (Lipinski definition) is 3. The number of aryl methyl sites for hydroxylation is 2. The van der Waals surface area contributed by atoms with Crippen LogP contribution in [0.25, 0.3) is 0 Å². The lowest BCUT2D eigenvalue weighted by Gasteiger charge is -2.13. The first-order valence-electron chi connectivity index (χ1n) is 5.94. The molecule has 0 atom stereocenters. The minimum absolute atomic E-state index is 0.0836. The first-order chi connectivity index (χ1) is 9.53. The second kappa shape index (κ2) is 6.71. The lowest BCUT2D eigenvalue weighted by Crippen LogP contribution is -2.30. The van der Waals surface area contributed by atoms with Crippen LogP contribution in [-0.2, 0) is 14.8 Å². The maximum absolute atomic E-state index is 13.1. The molecule has 1 N–H and O–H groups in total. The molecule has 0 aromatic heterocycles. The third-order valence-electron chi connectivity index (χ3n) is 2.50. The zero-order valence-electron chi connectivity index (χ0n) is 11.4. The van der Waals surface area contributed by atoms with E-state index in [0.29, 0.717) is 0 Å². The van der Waals surface area contributed by atoms with E-state index < -0.39 is 35.2 Å². The van der Waals surface area contributed by atoms with Gasteiger partial charge in [-0.2, -0.15) is 13.2 Å². The van der Waals surface area contributed by atoms with Gasteiger partial charge in [-0.25, -0.2) is 17.5 Å². The SMILES string of the molecule is Cc1cc(F)cc(C)c1S(=O)(=O)NCCOCC(F)(F)F. The maximum Gasteiger partial charge on any atom is 0.411 e. The highest BCUT2D eigenvalue weighted by atomic mass is 32.2. The number of hydrogen-bond donors (Lipinski definition) is 1. The molecule has 0 aliphatic heterocycles. The summed E-state index contributed by atoms with van der Waals surface area (Å²) in [5.74, 6) is -0.558. The largest absolute Gasteiger partial charge is 0.411 e. The maximum atomic E-state index is 13.1. The molecule has 4 nitrogen and oxygen atoms in total. The molecule has 0 aliphatic rings. The molecule has 0 aliphatic carbocycles. The predicted molar refractivity (Wildman–Crippen MR) is 67.9 cm³/mol. The summed E-state index contributed by atoms with van der Waals surface area (Å²) in [7, 11) is -3.93. The smallest absolute Gasteiger partial charge is 0.371 e. The Balaban J connectivity index is 2.67. The first kappa shape index (κ1) is 17.9. The van der Waals surface area contributed by atoms with E-state index in [-0.39, 0.29) is 22.6 Å². The topological polar surface area (TPSA) is 55.4 Å². The Morgan fingerprint density at radius 1 is 1.19 bits per heavy atom. The molecule has 1 aromatic carbocycles. The summed E-state index contributed by atoms with van der Waals surface area (Å²) in [4.78, 5) is -0.0836. The highest BCUT2D eigenvalue weighted by Crippen LogP contribution is 2.21. The van der Waals surface area contributed by atoms with Crippen molar-refractivity contribution >= 4 is 10.0 Å². The van der Waals surface area contributed by atoms with Crippen LogP contribution >= 0.6 is 0 Å². The van der Waals surface area contributed by atoms with Crippen LogP contribution in [0.3, 0.4) is 0 Å². The van der Waals surface area contributed by atoms with E-state index in [1.165, 1.54) is 13.8 Å². The molecule has 0 radical (unpaired) electrons. The van der Waals surface area contributed by atoms with Gasteiger partial charge < -0.3 is 4.74 Å². The normalized spacial score (nSPS) is 12.7. The van der Waals surface area contributed by atoms with Gasteiger partial charge >= 0.3 is 6.18 Å². The monoisotopic (exact) mass is 329 g/mol. The summed E-state index contributed by atoms with van der Waals surface area (Å²) >= 11 is 0. The van der Waals surface area contributed by atoms with Gasteiger partial charge in [0, 0.05) is 6.54 Å². The van der Waals surface area contributed by atoms with Gasteiger partial charge in [0.1, 0.15) is 12.4 Å². The van der Waals surface area contributed by atoms with Crippen molar-refractivity contribution in [2.24, 2.45) is 0 Å². The van der Waals surface area contributed by atoms with Gasteiger partial charge in [0.25, 0.3) is 0 Å². The summed E-state index contributed by atoms with van der Waals surface area (Å²) in [5, 5.41) is 0. The van der Waals surface area contributed by atoms with E-state index in [0.717, 1.165) is 12.1 Å². The quantitative estimate of drug-likeness (QED) is 0.644. The molecule has 0 fully saturated rings. The van der Waals surface area contributed by atoms with Crippen molar-refractivity contribution in [3.63, 3.8) is 0 Å². The Bertz CT molecular complexity index is 576. The van der Waals surface area contributed by atoms with Gasteiger partial charge in [0.05, 0.1) is 11.5 Å². The lowest BCUT2D eigenvalue weighted by molar-refractivity contribution is -0.173. The molecule has 0 saturated heterocycles. The highest BCUT2D eigenvalue weighted by molar-refractivity contribution is 7.89. The number of halogens is 4. The molecular formula is C12H15F4NO3S. The summed E-state index contributed by atoms with van der Waals surface area (Å²) in [6.07, 6.45) is -4.46. The van der Waals surface area contributed by atoms with Crippen LogP contribution in [0, 0.1) is 19.7 Å². The fourth-order valence-electron chi connectivity index (χ4n) is 1.83. The Kier molecular flexibility index (Phi) is 5.71. The van der Waals surface area contributed by atoms with E-state index in [4.69, 9.17) is 0 Å². The number of alkyl halides is 3. The molecule has 1 aromatic rings. The van der Waals surface area contributed by atoms with Crippen molar-refractivity contribution in [3.8, 4) is 0 Å². The van der Waals surface area contributed by atoms with E-state index in [1.54, 1.807) is 0 Å². The molecule has 0 spiro atoms. The van der Waals surface area contributed by atoms with Crippen LogP contribution < -0.4 is 4.72 Å². The van der Waals surface area contributed by atoms with Crippen molar-refractivity contribution < 1.29 is 30.7 Å². The van der Waals surface area contributed by atoms with Crippen molar-refractivity contribution in [1.82, 2.24) is 4.72 Å². The standard InChI is InChI=1S/C12H15F4NO3S/c1-8-5-10(13)6-9(2)11(8)21(18,19)17-3-4-20-7-12(14,15)16/h5-6,17H,3-4,7H2,1-2H3. The Labute approximate surface area is 120 Å².